The third kappa shape index (κ3) is 2.68. The van der Waals surface area contributed by atoms with Crippen LogP contribution in [-0.2, 0) is 6.61 Å². The van der Waals surface area contributed by atoms with Gasteiger partial charge in [-0.15, -0.1) is 0 Å². The lowest BCUT2D eigenvalue weighted by molar-refractivity contribution is 0.0697. The van der Waals surface area contributed by atoms with Crippen molar-refractivity contribution in [2.45, 2.75) is 6.61 Å². The smallest absolute Gasteiger partial charge is 0.336 e. The van der Waals surface area contributed by atoms with Crippen molar-refractivity contribution >= 4 is 5.97 Å². The molecular weight excluding hydrogens is 272 g/mol. The van der Waals surface area contributed by atoms with E-state index in [1.54, 1.807) is 30.3 Å². The molecule has 0 unspecified atom stereocenters. The van der Waals surface area contributed by atoms with Gasteiger partial charge in [-0.05, 0) is 17.7 Å². The van der Waals surface area contributed by atoms with Gasteiger partial charge in [0.25, 0.3) is 0 Å². The van der Waals surface area contributed by atoms with Gasteiger partial charge >= 0.3 is 5.97 Å². The van der Waals surface area contributed by atoms with Crippen LogP contribution in [0.4, 0.5) is 0 Å². The number of aliphatic hydroxyl groups is 1. The number of aliphatic hydroxyl groups excluding tert-OH is 1. The van der Waals surface area contributed by atoms with Gasteiger partial charge in [0.1, 0.15) is 0 Å². The number of methoxy groups -OCH3 is 2. The molecule has 2 aromatic rings. The second-order valence-electron chi connectivity index (χ2n) is 4.34. The number of carboxylic acids is 1. The van der Waals surface area contributed by atoms with Gasteiger partial charge in [0.2, 0.25) is 0 Å². The first-order valence-corrected chi connectivity index (χ1v) is 6.31. The average molecular weight is 288 g/mol. The van der Waals surface area contributed by atoms with E-state index in [-0.39, 0.29) is 12.2 Å². The highest BCUT2D eigenvalue weighted by molar-refractivity contribution is 5.98. The minimum Gasteiger partial charge on any atom is -0.493 e. The molecule has 0 aliphatic heterocycles. The predicted octanol–water partition coefficient (Wildman–Crippen LogP) is 2.56. The van der Waals surface area contributed by atoms with Gasteiger partial charge in [-0.3, -0.25) is 0 Å². The van der Waals surface area contributed by atoms with Crippen LogP contribution in [0.2, 0.25) is 0 Å². The number of hydrogen-bond donors (Lipinski definition) is 2. The predicted molar refractivity (Wildman–Crippen MR) is 77.9 cm³/mol. The fraction of sp³-hybridized carbons (Fsp3) is 0.188. The summed E-state index contributed by atoms with van der Waals surface area (Å²) in [6, 6.07) is 9.95. The average Bonchev–Trinajstić information content (AvgIpc) is 2.53. The summed E-state index contributed by atoms with van der Waals surface area (Å²) in [5.41, 5.74) is 1.71. The molecule has 0 saturated carbocycles. The highest BCUT2D eigenvalue weighted by Gasteiger charge is 2.20. The van der Waals surface area contributed by atoms with Crippen LogP contribution >= 0.6 is 0 Å². The van der Waals surface area contributed by atoms with E-state index < -0.39 is 5.97 Å². The zero-order valence-electron chi connectivity index (χ0n) is 11.8. The highest BCUT2D eigenvalue weighted by atomic mass is 16.5. The lowest BCUT2D eigenvalue weighted by Crippen LogP contribution is -2.03. The normalized spacial score (nSPS) is 10.2. The topological polar surface area (TPSA) is 76.0 Å². The molecule has 0 saturated heterocycles. The molecular formula is C16H16O5. The Bertz CT molecular complexity index is 664. The van der Waals surface area contributed by atoms with Crippen molar-refractivity contribution < 1.29 is 24.5 Å². The van der Waals surface area contributed by atoms with E-state index in [1.807, 2.05) is 0 Å². The van der Waals surface area contributed by atoms with E-state index in [1.165, 1.54) is 20.3 Å². The largest absolute Gasteiger partial charge is 0.493 e. The summed E-state index contributed by atoms with van der Waals surface area (Å²) in [5, 5.41) is 18.9. The molecule has 21 heavy (non-hydrogen) atoms. The van der Waals surface area contributed by atoms with E-state index in [0.717, 1.165) is 0 Å². The fourth-order valence-electron chi connectivity index (χ4n) is 2.28. The minimum absolute atomic E-state index is 0.138. The van der Waals surface area contributed by atoms with Crippen LogP contribution in [0.5, 0.6) is 11.5 Å². The highest BCUT2D eigenvalue weighted by Crippen LogP contribution is 2.41. The minimum atomic E-state index is -1.04. The van der Waals surface area contributed by atoms with Crippen molar-refractivity contribution in [1.82, 2.24) is 0 Å². The SMILES string of the molecule is COc1ccc(CO)c(-c2ccccc2C(=O)O)c1OC. The van der Waals surface area contributed by atoms with Crippen molar-refractivity contribution in [3.05, 3.63) is 47.5 Å². The maximum Gasteiger partial charge on any atom is 0.336 e. The monoisotopic (exact) mass is 288 g/mol. The second-order valence-corrected chi connectivity index (χ2v) is 4.34. The van der Waals surface area contributed by atoms with Gasteiger partial charge in [0.05, 0.1) is 26.4 Å². The van der Waals surface area contributed by atoms with Gasteiger partial charge < -0.3 is 19.7 Å². The van der Waals surface area contributed by atoms with Gasteiger partial charge in [-0.2, -0.15) is 0 Å². The lowest BCUT2D eigenvalue weighted by atomic mass is 9.94. The Labute approximate surface area is 122 Å². The van der Waals surface area contributed by atoms with Crippen LogP contribution in [0.15, 0.2) is 36.4 Å². The van der Waals surface area contributed by atoms with Crippen molar-refractivity contribution in [2.75, 3.05) is 14.2 Å². The Morgan fingerprint density at radius 3 is 2.38 bits per heavy atom. The molecule has 110 valence electrons. The van der Waals surface area contributed by atoms with Gasteiger partial charge in [-0.1, -0.05) is 24.3 Å². The Morgan fingerprint density at radius 2 is 1.81 bits per heavy atom. The number of benzene rings is 2. The molecule has 0 amide bonds. The van der Waals surface area contributed by atoms with Crippen LogP contribution in [0.25, 0.3) is 11.1 Å². The summed E-state index contributed by atoms with van der Waals surface area (Å²) in [6.45, 7) is -0.232. The van der Waals surface area contributed by atoms with Crippen molar-refractivity contribution in [1.29, 1.82) is 0 Å². The molecule has 0 aromatic heterocycles. The summed E-state index contributed by atoms with van der Waals surface area (Å²) >= 11 is 0. The zero-order valence-corrected chi connectivity index (χ0v) is 11.8. The Balaban J connectivity index is 2.81. The van der Waals surface area contributed by atoms with Crippen LogP contribution < -0.4 is 9.47 Å². The maximum atomic E-state index is 11.4. The molecule has 2 N–H and O–H groups in total. The molecule has 0 radical (unpaired) electrons. The number of rotatable bonds is 5. The molecule has 2 rings (SSSR count). The quantitative estimate of drug-likeness (QED) is 0.884. The molecule has 5 heteroatoms. The first-order chi connectivity index (χ1) is 10.1. The third-order valence-corrected chi connectivity index (χ3v) is 3.23. The summed E-state index contributed by atoms with van der Waals surface area (Å²) in [5.74, 6) is -0.165. The Morgan fingerprint density at radius 1 is 1.10 bits per heavy atom. The summed E-state index contributed by atoms with van der Waals surface area (Å²) < 4.78 is 10.6. The molecule has 5 nitrogen and oxygen atoms in total. The summed E-state index contributed by atoms with van der Waals surface area (Å²) in [7, 11) is 2.98. The second kappa shape index (κ2) is 6.28. The van der Waals surface area contributed by atoms with E-state index in [9.17, 15) is 15.0 Å². The number of carbonyl (C=O) groups is 1. The van der Waals surface area contributed by atoms with E-state index in [0.29, 0.717) is 28.2 Å². The van der Waals surface area contributed by atoms with E-state index in [2.05, 4.69) is 0 Å². The number of carboxylic acid groups (broad SMARTS) is 1. The van der Waals surface area contributed by atoms with Gasteiger partial charge in [0, 0.05) is 11.1 Å². The molecule has 2 aromatic carbocycles. The molecule has 0 heterocycles. The van der Waals surface area contributed by atoms with Gasteiger partial charge in [-0.25, -0.2) is 4.79 Å². The first kappa shape index (κ1) is 14.9. The summed E-state index contributed by atoms with van der Waals surface area (Å²) in [4.78, 5) is 11.4. The van der Waals surface area contributed by atoms with Crippen LogP contribution in [0.1, 0.15) is 15.9 Å². The lowest BCUT2D eigenvalue weighted by Gasteiger charge is -2.17. The van der Waals surface area contributed by atoms with Crippen LogP contribution in [-0.4, -0.2) is 30.4 Å². The molecule has 0 spiro atoms. The third-order valence-electron chi connectivity index (χ3n) is 3.23. The van der Waals surface area contributed by atoms with E-state index in [4.69, 9.17) is 9.47 Å². The number of hydrogen-bond acceptors (Lipinski definition) is 4. The maximum absolute atomic E-state index is 11.4. The number of ether oxygens (including phenoxy) is 2. The molecule has 0 aliphatic rings. The summed E-state index contributed by atoms with van der Waals surface area (Å²) in [6.07, 6.45) is 0. The Kier molecular flexibility index (Phi) is 4.45. The van der Waals surface area contributed by atoms with Crippen molar-refractivity contribution in [3.63, 3.8) is 0 Å². The molecule has 0 fully saturated rings. The molecule has 0 aliphatic carbocycles. The van der Waals surface area contributed by atoms with Crippen LogP contribution in [0.3, 0.4) is 0 Å². The van der Waals surface area contributed by atoms with Crippen molar-refractivity contribution in [2.24, 2.45) is 0 Å². The fourth-order valence-corrected chi connectivity index (χ4v) is 2.28. The van der Waals surface area contributed by atoms with E-state index >= 15 is 0 Å². The van der Waals surface area contributed by atoms with Crippen LogP contribution in [0, 0.1) is 0 Å². The molecule has 0 atom stereocenters. The number of aromatic carboxylic acids is 1. The zero-order chi connectivity index (χ0) is 15.4. The van der Waals surface area contributed by atoms with Crippen molar-refractivity contribution in [3.8, 4) is 22.6 Å². The first-order valence-electron chi connectivity index (χ1n) is 6.31. The molecule has 0 bridgehead atoms. The standard InChI is InChI=1S/C16H16O5/c1-20-13-8-7-10(9-17)14(15(13)21-2)11-5-3-4-6-12(11)16(18)19/h3-8,17H,9H2,1-2H3,(H,18,19). The Hall–Kier alpha value is -2.53. The van der Waals surface area contributed by atoms with Gasteiger partial charge in [0.15, 0.2) is 11.5 Å².